The molecule has 2 N–H and O–H groups in total. The van der Waals surface area contributed by atoms with Crippen LogP contribution in [0, 0.1) is 0 Å². The van der Waals surface area contributed by atoms with Gasteiger partial charge < -0.3 is 19.9 Å². The first kappa shape index (κ1) is 12.9. The Morgan fingerprint density at radius 1 is 1.44 bits per heavy atom. The molecule has 0 aliphatic carbocycles. The number of carbonyl (C=O) groups is 2. The van der Waals surface area contributed by atoms with E-state index in [1.165, 1.54) is 0 Å². The summed E-state index contributed by atoms with van der Waals surface area (Å²) in [5.74, 6) is -1.86. The molecule has 1 aliphatic heterocycles. The van der Waals surface area contributed by atoms with Crippen molar-refractivity contribution in [2.24, 2.45) is 0 Å². The first-order chi connectivity index (χ1) is 7.39. The highest BCUT2D eigenvalue weighted by Gasteiger charge is 2.32. The summed E-state index contributed by atoms with van der Waals surface area (Å²) < 4.78 is 10.8. The Labute approximate surface area is 93.9 Å². The summed E-state index contributed by atoms with van der Waals surface area (Å²) in [4.78, 5) is 21.4. The van der Waals surface area contributed by atoms with Gasteiger partial charge in [0.15, 0.2) is 5.79 Å². The van der Waals surface area contributed by atoms with E-state index in [4.69, 9.17) is 14.6 Å². The van der Waals surface area contributed by atoms with Crippen LogP contribution in [0.15, 0.2) is 0 Å². The van der Waals surface area contributed by atoms with Crippen molar-refractivity contribution in [2.75, 3.05) is 13.2 Å². The summed E-state index contributed by atoms with van der Waals surface area (Å²) in [6.45, 7) is 4.40. The molecule has 1 atom stereocenters. The van der Waals surface area contributed by atoms with Gasteiger partial charge in [0.1, 0.15) is 6.10 Å². The zero-order valence-electron chi connectivity index (χ0n) is 9.49. The van der Waals surface area contributed by atoms with Crippen LogP contribution in [0.5, 0.6) is 0 Å². The van der Waals surface area contributed by atoms with Crippen LogP contribution < -0.4 is 5.32 Å². The molecule has 6 nitrogen and oxygen atoms in total. The number of carbonyl (C=O) groups excluding carboxylic acids is 1. The molecule has 1 heterocycles. The standard InChI is InChI=1S/C10H17NO5/c1-10(2)15-6-7(16-10)5-11-8(12)3-4-9(13)14/h7H,3-6H2,1-2H3,(H,11,12)(H,13,14). The molecule has 0 saturated carbocycles. The fraction of sp³-hybridized carbons (Fsp3) is 0.800. The Hall–Kier alpha value is -1.14. The molecule has 1 unspecified atom stereocenters. The molecule has 0 aromatic rings. The van der Waals surface area contributed by atoms with Crippen molar-refractivity contribution in [2.45, 2.75) is 38.6 Å². The van der Waals surface area contributed by atoms with E-state index in [2.05, 4.69) is 5.32 Å². The van der Waals surface area contributed by atoms with E-state index in [1.807, 2.05) is 0 Å². The maximum absolute atomic E-state index is 11.2. The second kappa shape index (κ2) is 5.27. The second-order valence-electron chi connectivity index (χ2n) is 4.15. The Morgan fingerprint density at radius 3 is 2.62 bits per heavy atom. The zero-order chi connectivity index (χ0) is 12.2. The number of ether oxygens (including phenoxy) is 2. The van der Waals surface area contributed by atoms with Crippen molar-refractivity contribution in [1.29, 1.82) is 0 Å². The average Bonchev–Trinajstić information content (AvgIpc) is 2.52. The van der Waals surface area contributed by atoms with Gasteiger partial charge in [-0.1, -0.05) is 0 Å². The molecular formula is C10H17NO5. The third-order valence-electron chi connectivity index (χ3n) is 2.16. The highest BCUT2D eigenvalue weighted by atomic mass is 16.7. The van der Waals surface area contributed by atoms with Gasteiger partial charge >= 0.3 is 5.97 Å². The largest absolute Gasteiger partial charge is 0.481 e. The van der Waals surface area contributed by atoms with Crippen molar-refractivity contribution >= 4 is 11.9 Å². The lowest BCUT2D eigenvalue weighted by Crippen LogP contribution is -2.34. The lowest BCUT2D eigenvalue weighted by molar-refractivity contribution is -0.140. The van der Waals surface area contributed by atoms with Crippen LogP contribution in [0.25, 0.3) is 0 Å². The topological polar surface area (TPSA) is 84.9 Å². The number of amides is 1. The van der Waals surface area contributed by atoms with Crippen LogP contribution in [0.1, 0.15) is 26.7 Å². The lowest BCUT2D eigenvalue weighted by Gasteiger charge is -2.17. The third-order valence-corrected chi connectivity index (χ3v) is 2.16. The molecule has 16 heavy (non-hydrogen) atoms. The van der Waals surface area contributed by atoms with Gasteiger partial charge in [0, 0.05) is 13.0 Å². The van der Waals surface area contributed by atoms with Crippen molar-refractivity contribution in [3.05, 3.63) is 0 Å². The minimum absolute atomic E-state index is 0.00764. The minimum atomic E-state index is -0.975. The molecule has 0 aromatic heterocycles. The number of hydrogen-bond acceptors (Lipinski definition) is 4. The molecule has 1 saturated heterocycles. The van der Waals surface area contributed by atoms with Crippen LogP contribution in [0.2, 0.25) is 0 Å². The van der Waals surface area contributed by atoms with Crippen molar-refractivity contribution in [3.63, 3.8) is 0 Å². The van der Waals surface area contributed by atoms with Gasteiger partial charge in [-0.15, -0.1) is 0 Å². The molecule has 0 radical (unpaired) electrons. The summed E-state index contributed by atoms with van der Waals surface area (Å²) in [6.07, 6.45) is -0.324. The Kier molecular flexibility index (Phi) is 4.26. The molecule has 0 spiro atoms. The highest BCUT2D eigenvalue weighted by Crippen LogP contribution is 2.21. The van der Waals surface area contributed by atoms with Gasteiger partial charge in [0.2, 0.25) is 5.91 Å². The predicted octanol–water partition coefficient (Wildman–Crippen LogP) is 0.119. The lowest BCUT2D eigenvalue weighted by atomic mass is 10.3. The molecule has 1 rings (SSSR count). The third kappa shape index (κ3) is 4.59. The van der Waals surface area contributed by atoms with E-state index >= 15 is 0 Å². The van der Waals surface area contributed by atoms with Crippen LogP contribution in [0.4, 0.5) is 0 Å². The number of aliphatic carboxylic acids is 1. The molecule has 0 bridgehead atoms. The average molecular weight is 231 g/mol. The van der Waals surface area contributed by atoms with E-state index in [9.17, 15) is 9.59 Å². The molecule has 1 amide bonds. The van der Waals surface area contributed by atoms with Crippen LogP contribution >= 0.6 is 0 Å². The molecule has 0 aromatic carbocycles. The SMILES string of the molecule is CC1(C)OCC(CNC(=O)CCC(=O)O)O1. The smallest absolute Gasteiger partial charge is 0.303 e. The van der Waals surface area contributed by atoms with Gasteiger partial charge in [0.25, 0.3) is 0 Å². The van der Waals surface area contributed by atoms with E-state index < -0.39 is 11.8 Å². The Morgan fingerprint density at radius 2 is 2.12 bits per heavy atom. The molecule has 1 aliphatic rings. The normalized spacial score (nSPS) is 23.0. The van der Waals surface area contributed by atoms with Crippen molar-refractivity contribution in [3.8, 4) is 0 Å². The van der Waals surface area contributed by atoms with Gasteiger partial charge in [-0.05, 0) is 13.8 Å². The summed E-state index contributed by atoms with van der Waals surface area (Å²) >= 11 is 0. The van der Waals surface area contributed by atoms with Gasteiger partial charge in [0.05, 0.1) is 13.0 Å². The van der Waals surface area contributed by atoms with Crippen LogP contribution in [0.3, 0.4) is 0 Å². The molecule has 1 fully saturated rings. The number of nitrogens with one attached hydrogen (secondary N) is 1. The van der Waals surface area contributed by atoms with Crippen LogP contribution in [-0.2, 0) is 19.1 Å². The molecule has 92 valence electrons. The summed E-state index contributed by atoms with van der Waals surface area (Å²) in [5, 5.41) is 11.0. The summed E-state index contributed by atoms with van der Waals surface area (Å²) in [6, 6.07) is 0. The highest BCUT2D eigenvalue weighted by molar-refractivity contribution is 5.80. The number of rotatable bonds is 5. The van der Waals surface area contributed by atoms with E-state index in [-0.39, 0.29) is 24.9 Å². The van der Waals surface area contributed by atoms with Crippen molar-refractivity contribution < 1.29 is 24.2 Å². The fourth-order valence-electron chi connectivity index (χ4n) is 1.40. The fourth-order valence-corrected chi connectivity index (χ4v) is 1.40. The first-order valence-corrected chi connectivity index (χ1v) is 5.19. The van der Waals surface area contributed by atoms with E-state index in [1.54, 1.807) is 13.8 Å². The minimum Gasteiger partial charge on any atom is -0.481 e. The Bertz CT molecular complexity index is 276. The number of carboxylic acid groups (broad SMARTS) is 1. The molecule has 6 heteroatoms. The maximum atomic E-state index is 11.2. The van der Waals surface area contributed by atoms with Gasteiger partial charge in [-0.25, -0.2) is 0 Å². The number of carboxylic acids is 1. The second-order valence-corrected chi connectivity index (χ2v) is 4.15. The molecular weight excluding hydrogens is 214 g/mol. The first-order valence-electron chi connectivity index (χ1n) is 5.19. The zero-order valence-corrected chi connectivity index (χ0v) is 9.49. The van der Waals surface area contributed by atoms with E-state index in [0.29, 0.717) is 13.2 Å². The van der Waals surface area contributed by atoms with Crippen molar-refractivity contribution in [1.82, 2.24) is 5.32 Å². The Balaban J connectivity index is 2.15. The monoisotopic (exact) mass is 231 g/mol. The summed E-state index contributed by atoms with van der Waals surface area (Å²) in [7, 11) is 0. The summed E-state index contributed by atoms with van der Waals surface area (Å²) in [5.41, 5.74) is 0. The van der Waals surface area contributed by atoms with E-state index in [0.717, 1.165) is 0 Å². The van der Waals surface area contributed by atoms with Gasteiger partial charge in [-0.2, -0.15) is 0 Å². The van der Waals surface area contributed by atoms with Crippen LogP contribution in [-0.4, -0.2) is 42.0 Å². The quantitative estimate of drug-likeness (QED) is 0.702. The maximum Gasteiger partial charge on any atom is 0.303 e. The predicted molar refractivity (Wildman–Crippen MR) is 54.8 cm³/mol. The number of hydrogen-bond donors (Lipinski definition) is 2. The van der Waals surface area contributed by atoms with Gasteiger partial charge in [-0.3, -0.25) is 9.59 Å².